The number of para-hydroxylation sites is 2. The molecule has 138 valence electrons. The normalized spacial score (nSPS) is 15.6. The van der Waals surface area contributed by atoms with E-state index < -0.39 is 0 Å². The van der Waals surface area contributed by atoms with Gasteiger partial charge in [0.05, 0.1) is 11.0 Å². The second kappa shape index (κ2) is 8.45. The first kappa shape index (κ1) is 18.6. The summed E-state index contributed by atoms with van der Waals surface area (Å²) < 4.78 is 17.9. The van der Waals surface area contributed by atoms with Crippen LogP contribution in [0, 0.1) is 0 Å². The van der Waals surface area contributed by atoms with Crippen LogP contribution in [0.4, 0.5) is 0 Å². The summed E-state index contributed by atoms with van der Waals surface area (Å²) in [6.07, 6.45) is -0.217. The molecule has 1 amide bonds. The van der Waals surface area contributed by atoms with E-state index in [0.29, 0.717) is 30.6 Å². The van der Waals surface area contributed by atoms with Crippen LogP contribution in [0.5, 0.6) is 17.2 Å². The Labute approximate surface area is 161 Å². The minimum Gasteiger partial charge on any atom is -0.486 e. The van der Waals surface area contributed by atoms with Crippen molar-refractivity contribution in [1.82, 2.24) is 5.32 Å². The highest BCUT2D eigenvalue weighted by Crippen LogP contribution is 2.31. The molecule has 0 saturated carbocycles. The average molecular weight is 420 g/mol. The van der Waals surface area contributed by atoms with Crippen LogP contribution in [0.2, 0.25) is 0 Å². The molecular weight excluding hydrogens is 398 g/mol. The lowest BCUT2D eigenvalue weighted by molar-refractivity contribution is -0.123. The van der Waals surface area contributed by atoms with Crippen molar-refractivity contribution >= 4 is 21.8 Å². The van der Waals surface area contributed by atoms with E-state index in [1.165, 1.54) is 5.56 Å². The van der Waals surface area contributed by atoms with Gasteiger partial charge in [0.25, 0.3) is 5.91 Å². The SMILES string of the molecule is CC(C)c1ccc(OCC(=O)NCC2COc3ccccc3O2)c(Br)c1. The second-order valence-corrected chi connectivity index (χ2v) is 7.29. The number of rotatable bonds is 6. The zero-order chi connectivity index (χ0) is 18.5. The van der Waals surface area contributed by atoms with Crippen molar-refractivity contribution in [1.29, 1.82) is 0 Å². The van der Waals surface area contributed by atoms with Crippen molar-refractivity contribution in [3.8, 4) is 17.2 Å². The molecule has 5 nitrogen and oxygen atoms in total. The maximum absolute atomic E-state index is 12.0. The maximum Gasteiger partial charge on any atom is 0.258 e. The van der Waals surface area contributed by atoms with Crippen molar-refractivity contribution in [2.24, 2.45) is 0 Å². The van der Waals surface area contributed by atoms with Crippen LogP contribution in [0.1, 0.15) is 25.3 Å². The number of hydrogen-bond donors (Lipinski definition) is 1. The fourth-order valence-corrected chi connectivity index (χ4v) is 3.09. The van der Waals surface area contributed by atoms with Gasteiger partial charge in [-0.2, -0.15) is 0 Å². The summed E-state index contributed by atoms with van der Waals surface area (Å²) in [5.41, 5.74) is 1.21. The third-order valence-corrected chi connectivity index (χ3v) is 4.70. The highest BCUT2D eigenvalue weighted by molar-refractivity contribution is 9.10. The predicted molar refractivity (Wildman–Crippen MR) is 103 cm³/mol. The number of halogens is 1. The van der Waals surface area contributed by atoms with Crippen molar-refractivity contribution in [3.63, 3.8) is 0 Å². The molecule has 2 aromatic carbocycles. The molecule has 6 heteroatoms. The van der Waals surface area contributed by atoms with Gasteiger partial charge >= 0.3 is 0 Å². The molecule has 0 aliphatic carbocycles. The van der Waals surface area contributed by atoms with Crippen LogP contribution in [0.25, 0.3) is 0 Å². The van der Waals surface area contributed by atoms with Gasteiger partial charge in [-0.3, -0.25) is 4.79 Å². The quantitative estimate of drug-likeness (QED) is 0.770. The number of ether oxygens (including phenoxy) is 3. The fourth-order valence-electron chi connectivity index (χ4n) is 2.58. The Morgan fingerprint density at radius 3 is 2.77 bits per heavy atom. The van der Waals surface area contributed by atoms with E-state index in [9.17, 15) is 4.79 Å². The number of carbonyl (C=O) groups is 1. The maximum atomic E-state index is 12.0. The summed E-state index contributed by atoms with van der Waals surface area (Å²) in [5, 5.41) is 2.82. The largest absolute Gasteiger partial charge is 0.486 e. The van der Waals surface area contributed by atoms with Crippen molar-refractivity contribution < 1.29 is 19.0 Å². The molecule has 1 N–H and O–H groups in total. The van der Waals surface area contributed by atoms with Crippen molar-refractivity contribution in [3.05, 3.63) is 52.5 Å². The van der Waals surface area contributed by atoms with Crippen LogP contribution < -0.4 is 19.5 Å². The van der Waals surface area contributed by atoms with Gasteiger partial charge in [0.15, 0.2) is 18.1 Å². The van der Waals surface area contributed by atoms with Crippen LogP contribution >= 0.6 is 15.9 Å². The Bertz CT molecular complexity index is 778. The Kier molecular flexibility index (Phi) is 6.04. The Morgan fingerprint density at radius 1 is 1.27 bits per heavy atom. The summed E-state index contributed by atoms with van der Waals surface area (Å²) in [4.78, 5) is 12.0. The van der Waals surface area contributed by atoms with Gasteiger partial charge in [-0.15, -0.1) is 0 Å². The molecule has 0 spiro atoms. The molecule has 0 bridgehead atoms. The van der Waals surface area contributed by atoms with Gasteiger partial charge in [-0.05, 0) is 51.7 Å². The summed E-state index contributed by atoms with van der Waals surface area (Å²) >= 11 is 3.49. The molecule has 1 unspecified atom stereocenters. The van der Waals surface area contributed by atoms with Gasteiger partial charge in [0, 0.05) is 0 Å². The Hall–Kier alpha value is -2.21. The van der Waals surface area contributed by atoms with E-state index in [1.54, 1.807) is 0 Å². The number of carbonyl (C=O) groups excluding carboxylic acids is 1. The van der Waals surface area contributed by atoms with E-state index in [0.717, 1.165) is 10.2 Å². The highest BCUT2D eigenvalue weighted by Gasteiger charge is 2.21. The van der Waals surface area contributed by atoms with Crippen molar-refractivity contribution in [2.75, 3.05) is 19.8 Å². The lowest BCUT2D eigenvalue weighted by atomic mass is 10.0. The zero-order valence-corrected chi connectivity index (χ0v) is 16.4. The highest BCUT2D eigenvalue weighted by atomic mass is 79.9. The smallest absolute Gasteiger partial charge is 0.258 e. The Morgan fingerprint density at radius 2 is 2.04 bits per heavy atom. The first-order chi connectivity index (χ1) is 12.5. The van der Waals surface area contributed by atoms with E-state index in [2.05, 4.69) is 35.1 Å². The number of benzene rings is 2. The third-order valence-electron chi connectivity index (χ3n) is 4.08. The standard InChI is InChI=1S/C20H22BrNO4/c1-13(2)14-7-8-17(16(21)9-14)25-12-20(23)22-10-15-11-24-18-5-3-4-6-19(18)26-15/h3-9,13,15H,10-12H2,1-2H3,(H,22,23). The predicted octanol–water partition coefficient (Wildman–Crippen LogP) is 3.91. The molecule has 0 radical (unpaired) electrons. The average Bonchev–Trinajstić information content (AvgIpc) is 2.65. The van der Waals surface area contributed by atoms with Gasteiger partial charge in [-0.25, -0.2) is 0 Å². The number of amides is 1. The van der Waals surface area contributed by atoms with Crippen molar-refractivity contribution in [2.45, 2.75) is 25.9 Å². The monoisotopic (exact) mass is 419 g/mol. The number of nitrogens with one attached hydrogen (secondary N) is 1. The topological polar surface area (TPSA) is 56.8 Å². The molecule has 2 aromatic rings. The molecule has 1 atom stereocenters. The summed E-state index contributed by atoms with van der Waals surface area (Å²) in [6.45, 7) is 4.98. The number of fused-ring (bicyclic) bond motifs is 1. The second-order valence-electron chi connectivity index (χ2n) is 6.43. The van der Waals surface area contributed by atoms with Crippen LogP contribution in [-0.4, -0.2) is 31.8 Å². The number of hydrogen-bond acceptors (Lipinski definition) is 4. The molecular formula is C20H22BrNO4. The summed E-state index contributed by atoms with van der Waals surface area (Å²) in [7, 11) is 0. The first-order valence-electron chi connectivity index (χ1n) is 8.60. The van der Waals surface area contributed by atoms with Crippen LogP contribution in [-0.2, 0) is 4.79 Å². The molecule has 1 heterocycles. The van der Waals surface area contributed by atoms with Gasteiger partial charge in [-0.1, -0.05) is 32.0 Å². The minimum absolute atomic E-state index is 0.0518. The molecule has 3 rings (SSSR count). The van der Waals surface area contributed by atoms with Crippen LogP contribution in [0.15, 0.2) is 46.9 Å². The molecule has 0 aromatic heterocycles. The van der Waals surface area contributed by atoms with E-state index in [-0.39, 0.29) is 18.6 Å². The molecule has 1 aliphatic heterocycles. The minimum atomic E-state index is -0.217. The van der Waals surface area contributed by atoms with Gasteiger partial charge < -0.3 is 19.5 Å². The Balaban J connectivity index is 1.45. The fraction of sp³-hybridized carbons (Fsp3) is 0.350. The third kappa shape index (κ3) is 4.69. The van der Waals surface area contributed by atoms with E-state index in [4.69, 9.17) is 14.2 Å². The summed E-state index contributed by atoms with van der Waals surface area (Å²) in [5.74, 6) is 2.31. The molecule has 26 heavy (non-hydrogen) atoms. The lowest BCUT2D eigenvalue weighted by Gasteiger charge is -2.26. The van der Waals surface area contributed by atoms with E-state index >= 15 is 0 Å². The first-order valence-corrected chi connectivity index (χ1v) is 9.39. The van der Waals surface area contributed by atoms with Gasteiger partial charge in [0.2, 0.25) is 0 Å². The molecule has 0 saturated heterocycles. The van der Waals surface area contributed by atoms with Crippen LogP contribution in [0.3, 0.4) is 0 Å². The van der Waals surface area contributed by atoms with Gasteiger partial charge in [0.1, 0.15) is 18.5 Å². The summed E-state index contributed by atoms with van der Waals surface area (Å²) in [6, 6.07) is 13.4. The van der Waals surface area contributed by atoms with E-state index in [1.807, 2.05) is 42.5 Å². The zero-order valence-electron chi connectivity index (χ0n) is 14.8. The molecule has 1 aliphatic rings. The lowest BCUT2D eigenvalue weighted by Crippen LogP contribution is -2.42. The molecule has 0 fully saturated rings.